The van der Waals surface area contributed by atoms with Crippen molar-refractivity contribution in [2.24, 2.45) is 7.05 Å². The first-order valence-electron chi connectivity index (χ1n) is 6.37. The highest BCUT2D eigenvalue weighted by molar-refractivity contribution is 5.95. The Morgan fingerprint density at radius 3 is 3.16 bits per heavy atom. The largest absolute Gasteiger partial charge is 0.368 e. The summed E-state index contributed by atoms with van der Waals surface area (Å²) in [6.07, 6.45) is 3.05. The number of ether oxygens (including phenoxy) is 1. The molecule has 0 radical (unpaired) electrons. The number of hydrogen-bond donors (Lipinski definition) is 1. The topological polar surface area (TPSA) is 69.0 Å². The van der Waals surface area contributed by atoms with Crippen LogP contribution in [0.5, 0.6) is 0 Å². The van der Waals surface area contributed by atoms with E-state index in [1.807, 2.05) is 20.0 Å². The van der Waals surface area contributed by atoms with Crippen LogP contribution in [0.15, 0.2) is 12.3 Å². The van der Waals surface area contributed by atoms with E-state index in [-0.39, 0.29) is 12.0 Å². The molecule has 1 amide bonds. The third kappa shape index (κ3) is 2.19. The van der Waals surface area contributed by atoms with Crippen molar-refractivity contribution < 1.29 is 9.53 Å². The molecule has 19 heavy (non-hydrogen) atoms. The molecular weight excluding hydrogens is 244 g/mol. The summed E-state index contributed by atoms with van der Waals surface area (Å²) >= 11 is 0. The van der Waals surface area contributed by atoms with Gasteiger partial charge in [0.25, 0.3) is 5.91 Å². The van der Waals surface area contributed by atoms with Crippen molar-refractivity contribution in [1.29, 1.82) is 0 Å². The van der Waals surface area contributed by atoms with Crippen molar-refractivity contribution >= 4 is 22.6 Å². The van der Waals surface area contributed by atoms with Gasteiger partial charge in [0.2, 0.25) is 0 Å². The van der Waals surface area contributed by atoms with Crippen molar-refractivity contribution in [3.05, 3.63) is 18.0 Å². The molecule has 100 valence electrons. The van der Waals surface area contributed by atoms with Gasteiger partial charge in [-0.25, -0.2) is 4.98 Å². The standard InChI is InChI=1S/C13H16N4O2/c1-8-10-6-9(7-14-12(10)17(2)16-8)15-13(18)11-4-3-5-19-11/h6-7,11H,3-5H2,1-2H3,(H,15,18). The molecule has 0 spiro atoms. The maximum Gasteiger partial charge on any atom is 0.253 e. The summed E-state index contributed by atoms with van der Waals surface area (Å²) in [4.78, 5) is 16.3. The number of carbonyl (C=O) groups is 1. The van der Waals surface area contributed by atoms with Gasteiger partial charge in [0.1, 0.15) is 6.10 Å². The fourth-order valence-electron chi connectivity index (χ4n) is 2.38. The minimum atomic E-state index is -0.328. The number of nitrogens with zero attached hydrogens (tertiary/aromatic N) is 3. The smallest absolute Gasteiger partial charge is 0.253 e. The molecule has 1 aliphatic heterocycles. The predicted octanol–water partition coefficient (Wildman–Crippen LogP) is 1.39. The molecule has 1 unspecified atom stereocenters. The van der Waals surface area contributed by atoms with Crippen molar-refractivity contribution in [1.82, 2.24) is 14.8 Å². The number of hydrogen-bond acceptors (Lipinski definition) is 4. The van der Waals surface area contributed by atoms with E-state index in [1.54, 1.807) is 10.9 Å². The molecular formula is C13H16N4O2. The summed E-state index contributed by atoms with van der Waals surface area (Å²) in [7, 11) is 1.85. The number of carbonyl (C=O) groups excluding carboxylic acids is 1. The Kier molecular flexibility index (Phi) is 2.94. The molecule has 0 aromatic carbocycles. The maximum absolute atomic E-state index is 12.0. The molecule has 2 aromatic heterocycles. The summed E-state index contributed by atoms with van der Waals surface area (Å²) in [6.45, 7) is 2.59. The second kappa shape index (κ2) is 4.62. The number of fused-ring (bicyclic) bond motifs is 1. The highest BCUT2D eigenvalue weighted by Gasteiger charge is 2.23. The van der Waals surface area contributed by atoms with Gasteiger partial charge in [0, 0.05) is 19.0 Å². The van der Waals surface area contributed by atoms with Crippen LogP contribution in [0.2, 0.25) is 0 Å². The zero-order chi connectivity index (χ0) is 13.4. The van der Waals surface area contributed by atoms with Crippen molar-refractivity contribution in [3.8, 4) is 0 Å². The third-order valence-electron chi connectivity index (χ3n) is 3.35. The van der Waals surface area contributed by atoms with E-state index in [4.69, 9.17) is 4.74 Å². The van der Waals surface area contributed by atoms with Crippen LogP contribution in [0.1, 0.15) is 18.5 Å². The first-order valence-corrected chi connectivity index (χ1v) is 6.37. The van der Waals surface area contributed by atoms with Gasteiger partial charge in [0.15, 0.2) is 5.65 Å². The molecule has 0 bridgehead atoms. The van der Waals surface area contributed by atoms with Crippen LogP contribution in [-0.2, 0) is 16.6 Å². The number of amides is 1. The zero-order valence-electron chi connectivity index (χ0n) is 11.0. The second-order valence-corrected chi connectivity index (χ2v) is 4.80. The Bertz CT molecular complexity index is 629. The highest BCUT2D eigenvalue weighted by Crippen LogP contribution is 2.20. The normalized spacial score (nSPS) is 18.9. The van der Waals surface area contributed by atoms with Crippen molar-refractivity contribution in [2.75, 3.05) is 11.9 Å². The fraction of sp³-hybridized carbons (Fsp3) is 0.462. The van der Waals surface area contributed by atoms with Crippen LogP contribution in [0.4, 0.5) is 5.69 Å². The minimum Gasteiger partial charge on any atom is -0.368 e. The van der Waals surface area contributed by atoms with Gasteiger partial charge >= 0.3 is 0 Å². The molecule has 3 rings (SSSR count). The Labute approximate surface area is 110 Å². The lowest BCUT2D eigenvalue weighted by Gasteiger charge is -2.10. The number of rotatable bonds is 2. The zero-order valence-corrected chi connectivity index (χ0v) is 11.0. The third-order valence-corrected chi connectivity index (χ3v) is 3.35. The van der Waals surface area contributed by atoms with E-state index >= 15 is 0 Å². The summed E-state index contributed by atoms with van der Waals surface area (Å²) in [5.41, 5.74) is 2.40. The van der Waals surface area contributed by atoms with Crippen LogP contribution in [0.3, 0.4) is 0 Å². The molecule has 1 aliphatic rings. The van der Waals surface area contributed by atoms with Gasteiger partial charge in [-0.05, 0) is 25.8 Å². The van der Waals surface area contributed by atoms with E-state index in [2.05, 4.69) is 15.4 Å². The quantitative estimate of drug-likeness (QED) is 0.886. The monoisotopic (exact) mass is 260 g/mol. The van der Waals surface area contributed by atoms with Gasteiger partial charge in [-0.1, -0.05) is 0 Å². The van der Waals surface area contributed by atoms with Crippen molar-refractivity contribution in [2.45, 2.75) is 25.9 Å². The Morgan fingerprint density at radius 1 is 1.58 bits per heavy atom. The maximum atomic E-state index is 12.0. The predicted molar refractivity (Wildman–Crippen MR) is 70.8 cm³/mol. The molecule has 3 heterocycles. The first kappa shape index (κ1) is 12.1. The van der Waals surface area contributed by atoms with Gasteiger partial charge < -0.3 is 10.1 Å². The van der Waals surface area contributed by atoms with Crippen LogP contribution in [-0.4, -0.2) is 33.4 Å². The lowest BCUT2D eigenvalue weighted by molar-refractivity contribution is -0.124. The lowest BCUT2D eigenvalue weighted by atomic mass is 10.2. The Balaban J connectivity index is 1.85. The van der Waals surface area contributed by atoms with Crippen LogP contribution in [0, 0.1) is 6.92 Å². The fourth-order valence-corrected chi connectivity index (χ4v) is 2.38. The van der Waals surface area contributed by atoms with E-state index in [9.17, 15) is 4.79 Å². The Hall–Kier alpha value is -1.95. The second-order valence-electron chi connectivity index (χ2n) is 4.80. The molecule has 1 fully saturated rings. The number of aromatic nitrogens is 3. The molecule has 1 saturated heterocycles. The van der Waals surface area contributed by atoms with Gasteiger partial charge in [0.05, 0.1) is 17.6 Å². The summed E-state index contributed by atoms with van der Waals surface area (Å²) in [5.74, 6) is -0.0970. The van der Waals surface area contributed by atoms with Crippen LogP contribution >= 0.6 is 0 Å². The SMILES string of the molecule is Cc1nn(C)c2ncc(NC(=O)C3CCCO3)cc12. The van der Waals surface area contributed by atoms with Gasteiger partial charge in [-0.15, -0.1) is 0 Å². The number of aryl methyl sites for hydroxylation is 2. The summed E-state index contributed by atoms with van der Waals surface area (Å²) in [5, 5.41) is 8.11. The van der Waals surface area contributed by atoms with E-state index in [0.717, 1.165) is 29.6 Å². The lowest BCUT2D eigenvalue weighted by Crippen LogP contribution is -2.26. The molecule has 6 heteroatoms. The molecule has 1 atom stereocenters. The molecule has 1 N–H and O–H groups in total. The Morgan fingerprint density at radius 2 is 2.42 bits per heavy atom. The molecule has 2 aromatic rings. The summed E-state index contributed by atoms with van der Waals surface area (Å²) in [6, 6.07) is 1.90. The average molecular weight is 260 g/mol. The number of pyridine rings is 1. The molecule has 0 saturated carbocycles. The average Bonchev–Trinajstić information content (AvgIpc) is 2.99. The summed E-state index contributed by atoms with van der Waals surface area (Å²) < 4.78 is 7.09. The van der Waals surface area contributed by atoms with Crippen LogP contribution < -0.4 is 5.32 Å². The molecule has 0 aliphatic carbocycles. The van der Waals surface area contributed by atoms with E-state index in [1.165, 1.54) is 0 Å². The number of nitrogens with one attached hydrogen (secondary N) is 1. The van der Waals surface area contributed by atoms with Gasteiger partial charge in [-0.2, -0.15) is 5.10 Å². The minimum absolute atomic E-state index is 0.0970. The first-order chi connectivity index (χ1) is 9.15. The van der Waals surface area contributed by atoms with Crippen molar-refractivity contribution in [3.63, 3.8) is 0 Å². The molecule has 6 nitrogen and oxygen atoms in total. The van der Waals surface area contributed by atoms with Gasteiger partial charge in [-0.3, -0.25) is 9.48 Å². The van der Waals surface area contributed by atoms with Crippen LogP contribution in [0.25, 0.3) is 11.0 Å². The van der Waals surface area contributed by atoms with E-state index < -0.39 is 0 Å². The highest BCUT2D eigenvalue weighted by atomic mass is 16.5. The van der Waals surface area contributed by atoms with E-state index in [0.29, 0.717) is 12.3 Å². The number of anilines is 1.